The summed E-state index contributed by atoms with van der Waals surface area (Å²) in [5.74, 6) is -1.35. The molecular formula is C14H22N2O4. The van der Waals surface area contributed by atoms with Gasteiger partial charge < -0.3 is 14.9 Å². The lowest BCUT2D eigenvalue weighted by molar-refractivity contribution is -0.148. The molecule has 2 aliphatic heterocycles. The van der Waals surface area contributed by atoms with Crippen LogP contribution in [0.4, 0.5) is 0 Å². The van der Waals surface area contributed by atoms with Crippen molar-refractivity contribution in [3.05, 3.63) is 0 Å². The fraction of sp³-hybridized carbons (Fsp3) is 0.786. The number of likely N-dealkylation sites (tertiary alicyclic amines) is 2. The van der Waals surface area contributed by atoms with Crippen molar-refractivity contribution >= 4 is 17.8 Å². The normalized spacial score (nSPS) is 30.7. The smallest absolute Gasteiger partial charge is 0.306 e. The molecule has 2 fully saturated rings. The van der Waals surface area contributed by atoms with Gasteiger partial charge in [-0.25, -0.2) is 0 Å². The van der Waals surface area contributed by atoms with Crippen LogP contribution in [0, 0.1) is 11.8 Å². The highest BCUT2D eigenvalue weighted by Crippen LogP contribution is 2.27. The molecule has 2 aliphatic rings. The summed E-state index contributed by atoms with van der Waals surface area (Å²) in [6.07, 6.45) is 1.29. The Kier molecular flexibility index (Phi) is 4.30. The van der Waals surface area contributed by atoms with Gasteiger partial charge in [-0.3, -0.25) is 14.4 Å². The molecule has 2 heterocycles. The number of piperidine rings is 1. The Morgan fingerprint density at radius 1 is 1.35 bits per heavy atom. The standard InChI is InChI=1S/C14H22N2O4/c1-3-15-8-11(7-12(15)17)13(18)16-5-4-10(14(19)20)6-9(16)2/h9-11H,3-8H2,1-2H3,(H,19,20). The average molecular weight is 282 g/mol. The Morgan fingerprint density at radius 2 is 2.05 bits per heavy atom. The minimum absolute atomic E-state index is 0.00522. The number of nitrogens with zero attached hydrogens (tertiary/aromatic N) is 2. The van der Waals surface area contributed by atoms with Gasteiger partial charge in [0.15, 0.2) is 0 Å². The average Bonchev–Trinajstić information content (AvgIpc) is 2.79. The zero-order chi connectivity index (χ0) is 14.9. The minimum Gasteiger partial charge on any atom is -0.481 e. The second-order valence-electron chi connectivity index (χ2n) is 5.77. The SMILES string of the molecule is CCN1CC(C(=O)N2CCC(C(=O)O)CC2C)CC1=O. The maximum absolute atomic E-state index is 12.5. The van der Waals surface area contributed by atoms with Crippen molar-refractivity contribution in [2.75, 3.05) is 19.6 Å². The molecule has 0 aromatic heterocycles. The van der Waals surface area contributed by atoms with Crippen LogP contribution in [0.25, 0.3) is 0 Å². The van der Waals surface area contributed by atoms with Crippen molar-refractivity contribution in [3.8, 4) is 0 Å². The van der Waals surface area contributed by atoms with E-state index in [2.05, 4.69) is 0 Å². The lowest BCUT2D eigenvalue weighted by atomic mass is 9.90. The van der Waals surface area contributed by atoms with E-state index in [4.69, 9.17) is 5.11 Å². The molecule has 3 atom stereocenters. The number of aliphatic carboxylic acids is 1. The molecule has 0 bridgehead atoms. The van der Waals surface area contributed by atoms with Crippen LogP contribution in [-0.4, -0.2) is 58.4 Å². The van der Waals surface area contributed by atoms with Gasteiger partial charge in [-0.1, -0.05) is 0 Å². The molecule has 0 aromatic carbocycles. The molecule has 1 N–H and O–H groups in total. The number of carbonyl (C=O) groups is 3. The van der Waals surface area contributed by atoms with E-state index in [1.54, 1.807) is 9.80 Å². The molecule has 0 aliphatic carbocycles. The van der Waals surface area contributed by atoms with Crippen LogP contribution in [0.5, 0.6) is 0 Å². The molecule has 6 heteroatoms. The second-order valence-corrected chi connectivity index (χ2v) is 5.77. The highest BCUT2D eigenvalue weighted by molar-refractivity contribution is 5.89. The first kappa shape index (κ1) is 14.8. The van der Waals surface area contributed by atoms with E-state index in [1.165, 1.54) is 0 Å². The zero-order valence-electron chi connectivity index (χ0n) is 12.0. The van der Waals surface area contributed by atoms with Crippen LogP contribution in [0.3, 0.4) is 0 Å². The fourth-order valence-electron chi connectivity index (χ4n) is 3.20. The summed E-state index contributed by atoms with van der Waals surface area (Å²) >= 11 is 0. The number of carboxylic acid groups (broad SMARTS) is 1. The largest absolute Gasteiger partial charge is 0.481 e. The van der Waals surface area contributed by atoms with E-state index in [9.17, 15) is 14.4 Å². The Balaban J connectivity index is 1.97. The van der Waals surface area contributed by atoms with Crippen LogP contribution in [0.1, 0.15) is 33.1 Å². The quantitative estimate of drug-likeness (QED) is 0.820. The van der Waals surface area contributed by atoms with Gasteiger partial charge in [-0.15, -0.1) is 0 Å². The molecule has 2 rings (SSSR count). The van der Waals surface area contributed by atoms with Crippen LogP contribution in [0.2, 0.25) is 0 Å². The third-order valence-electron chi connectivity index (χ3n) is 4.45. The van der Waals surface area contributed by atoms with Gasteiger partial charge >= 0.3 is 5.97 Å². The lowest BCUT2D eigenvalue weighted by Crippen LogP contribution is -2.48. The topological polar surface area (TPSA) is 77.9 Å². The summed E-state index contributed by atoms with van der Waals surface area (Å²) < 4.78 is 0. The zero-order valence-corrected chi connectivity index (χ0v) is 12.0. The van der Waals surface area contributed by atoms with Gasteiger partial charge in [0.25, 0.3) is 0 Å². The highest BCUT2D eigenvalue weighted by atomic mass is 16.4. The summed E-state index contributed by atoms with van der Waals surface area (Å²) in [6, 6.07) is -0.0665. The molecule has 20 heavy (non-hydrogen) atoms. The highest BCUT2D eigenvalue weighted by Gasteiger charge is 2.39. The van der Waals surface area contributed by atoms with Crippen LogP contribution in [0.15, 0.2) is 0 Å². The Morgan fingerprint density at radius 3 is 2.55 bits per heavy atom. The minimum atomic E-state index is -0.780. The van der Waals surface area contributed by atoms with E-state index < -0.39 is 5.97 Å². The van der Waals surface area contributed by atoms with Crippen molar-refractivity contribution in [1.29, 1.82) is 0 Å². The molecule has 2 saturated heterocycles. The third kappa shape index (κ3) is 2.78. The molecular weight excluding hydrogens is 260 g/mol. The van der Waals surface area contributed by atoms with Crippen LogP contribution >= 0.6 is 0 Å². The predicted molar refractivity (Wildman–Crippen MR) is 71.9 cm³/mol. The van der Waals surface area contributed by atoms with Gasteiger partial charge in [0.1, 0.15) is 0 Å². The summed E-state index contributed by atoms with van der Waals surface area (Å²) in [5.41, 5.74) is 0. The van der Waals surface area contributed by atoms with E-state index in [1.807, 2.05) is 13.8 Å². The van der Waals surface area contributed by atoms with Crippen molar-refractivity contribution in [2.45, 2.75) is 39.2 Å². The molecule has 2 amide bonds. The van der Waals surface area contributed by atoms with E-state index in [0.29, 0.717) is 32.5 Å². The Bertz CT molecular complexity index is 423. The molecule has 112 valence electrons. The van der Waals surface area contributed by atoms with Crippen molar-refractivity contribution in [2.24, 2.45) is 11.8 Å². The molecule has 0 aromatic rings. The number of amides is 2. The molecule has 0 radical (unpaired) electrons. The number of hydrogen-bond donors (Lipinski definition) is 1. The van der Waals surface area contributed by atoms with Crippen LogP contribution < -0.4 is 0 Å². The number of rotatable bonds is 3. The van der Waals surface area contributed by atoms with E-state index in [0.717, 1.165) is 0 Å². The van der Waals surface area contributed by atoms with E-state index in [-0.39, 0.29) is 36.1 Å². The second kappa shape index (κ2) is 5.81. The first-order valence-electron chi connectivity index (χ1n) is 7.25. The van der Waals surface area contributed by atoms with E-state index >= 15 is 0 Å². The first-order chi connectivity index (χ1) is 9.43. The molecule has 0 spiro atoms. The summed E-state index contributed by atoms with van der Waals surface area (Å²) in [5, 5.41) is 9.04. The van der Waals surface area contributed by atoms with Crippen molar-refractivity contribution in [3.63, 3.8) is 0 Å². The lowest BCUT2D eigenvalue weighted by Gasteiger charge is -2.37. The molecule has 6 nitrogen and oxygen atoms in total. The van der Waals surface area contributed by atoms with Gasteiger partial charge in [0.2, 0.25) is 11.8 Å². The monoisotopic (exact) mass is 282 g/mol. The Hall–Kier alpha value is -1.59. The molecule has 0 saturated carbocycles. The van der Waals surface area contributed by atoms with Crippen molar-refractivity contribution < 1.29 is 19.5 Å². The maximum Gasteiger partial charge on any atom is 0.306 e. The van der Waals surface area contributed by atoms with Crippen molar-refractivity contribution in [1.82, 2.24) is 9.80 Å². The fourth-order valence-corrected chi connectivity index (χ4v) is 3.20. The van der Waals surface area contributed by atoms with Gasteiger partial charge in [0.05, 0.1) is 11.8 Å². The number of carboxylic acids is 1. The summed E-state index contributed by atoms with van der Waals surface area (Å²) in [4.78, 5) is 38.7. The van der Waals surface area contributed by atoms with Gasteiger partial charge in [0, 0.05) is 32.1 Å². The number of hydrogen-bond acceptors (Lipinski definition) is 3. The van der Waals surface area contributed by atoms with Gasteiger partial charge in [-0.05, 0) is 26.7 Å². The van der Waals surface area contributed by atoms with Crippen LogP contribution in [-0.2, 0) is 14.4 Å². The number of carbonyl (C=O) groups excluding carboxylic acids is 2. The summed E-state index contributed by atoms with van der Waals surface area (Å²) in [7, 11) is 0. The molecule has 3 unspecified atom stereocenters. The van der Waals surface area contributed by atoms with Gasteiger partial charge in [-0.2, -0.15) is 0 Å². The Labute approximate surface area is 118 Å². The summed E-state index contributed by atoms with van der Waals surface area (Å²) in [6.45, 7) is 5.42. The first-order valence-corrected chi connectivity index (χ1v) is 7.25. The predicted octanol–water partition coefficient (Wildman–Crippen LogP) is 0.566. The third-order valence-corrected chi connectivity index (χ3v) is 4.45. The maximum atomic E-state index is 12.5.